The Hall–Kier alpha value is -1.62. The Balaban J connectivity index is 0.000000160. The summed E-state index contributed by atoms with van der Waals surface area (Å²) in [7, 11) is 8.23. The first-order valence-corrected chi connectivity index (χ1v) is 7.37. The van der Waals surface area contributed by atoms with E-state index in [1.54, 1.807) is 0 Å². The maximum absolute atomic E-state index is 2.12. The Kier molecular flexibility index (Phi) is 5.63. The van der Waals surface area contributed by atoms with Crippen LogP contribution in [0.25, 0.3) is 0 Å². The molecule has 0 unspecified atom stereocenters. The molecule has 127 valence electrons. The second kappa shape index (κ2) is 7.30. The van der Waals surface area contributed by atoms with Crippen LogP contribution in [0.3, 0.4) is 0 Å². The van der Waals surface area contributed by atoms with Crippen LogP contribution in [0.15, 0.2) is 48.5 Å². The number of rotatable bonds is 0. The Labute approximate surface area is 154 Å². The van der Waals surface area contributed by atoms with E-state index < -0.39 is 0 Å². The Morgan fingerprint density at radius 2 is 0.739 bits per heavy atom. The topological polar surface area (TPSA) is 13.0 Å². The molecule has 0 saturated heterocycles. The molecule has 2 heterocycles. The Morgan fingerprint density at radius 3 is 0.957 bits per heavy atom. The summed E-state index contributed by atoms with van der Waals surface area (Å²) in [4.78, 5) is 8.48. The molecular weight excluding hydrogens is 469 g/mol. The van der Waals surface area contributed by atoms with Crippen molar-refractivity contribution in [3.63, 3.8) is 0 Å². The van der Waals surface area contributed by atoms with Crippen molar-refractivity contribution in [1.82, 2.24) is 0 Å². The molecule has 0 spiro atoms. The maximum Gasteiger partial charge on any atom is 0.0297 e. The van der Waals surface area contributed by atoms with Gasteiger partial charge < -0.3 is 19.6 Å². The average Bonchev–Trinajstić information content (AvgIpc) is 2.99. The number of hydrogen-bond donors (Lipinski definition) is 0. The van der Waals surface area contributed by atoms with Gasteiger partial charge in [-0.2, -0.15) is 13.3 Å². The minimum Gasteiger partial charge on any atom is -0.504 e. The summed E-state index contributed by atoms with van der Waals surface area (Å²) >= 11 is 0. The molecule has 0 atom stereocenters. The number of fused-ring (bicyclic) bond motifs is 2. The predicted molar refractivity (Wildman–Crippen MR) is 95.1 cm³/mol. The van der Waals surface area contributed by atoms with Crippen LogP contribution >= 0.6 is 0 Å². The zero-order chi connectivity index (χ0) is 15.7. The first kappa shape index (κ1) is 17.7. The van der Waals surface area contributed by atoms with Crippen LogP contribution in [0.1, 0.15) is 0 Å². The third-order valence-electron chi connectivity index (χ3n) is 3.98. The van der Waals surface area contributed by atoms with Crippen molar-refractivity contribution in [2.45, 2.75) is 0 Å². The molecule has 2 aliphatic rings. The fourth-order valence-electron chi connectivity index (χ4n) is 2.89. The molecule has 0 N–H and O–H groups in total. The van der Waals surface area contributed by atoms with Crippen molar-refractivity contribution in [3.8, 4) is 0 Å². The molecule has 0 saturated carbocycles. The van der Waals surface area contributed by atoms with E-state index in [2.05, 4.69) is 110 Å². The van der Waals surface area contributed by atoms with Gasteiger partial charge in [0.15, 0.2) is 0 Å². The van der Waals surface area contributed by atoms with Crippen LogP contribution in [0.5, 0.6) is 0 Å². The molecule has 0 bridgehead atoms. The minimum atomic E-state index is 0. The summed E-state index contributed by atoms with van der Waals surface area (Å²) in [6.45, 7) is 4.15. The molecule has 0 aliphatic carbocycles. The van der Waals surface area contributed by atoms with Crippen LogP contribution in [0.2, 0.25) is 0 Å². The van der Waals surface area contributed by atoms with E-state index >= 15 is 0 Å². The molecule has 1 radical (unpaired) electrons. The largest absolute Gasteiger partial charge is 0.504 e. The van der Waals surface area contributed by atoms with Gasteiger partial charge in [0.1, 0.15) is 0 Å². The first-order chi connectivity index (χ1) is 10.6. The van der Waals surface area contributed by atoms with E-state index in [-0.39, 0.29) is 22.4 Å². The Morgan fingerprint density at radius 1 is 0.522 bits per heavy atom. The summed E-state index contributed by atoms with van der Waals surface area (Å²) in [5.41, 5.74) is 5.09. The summed E-state index contributed by atoms with van der Waals surface area (Å²) in [6.07, 6.45) is 0. The number of hydrogen-bond acceptors (Lipinski definition) is 4. The van der Waals surface area contributed by atoms with Gasteiger partial charge in [-0.3, -0.25) is 0 Å². The van der Waals surface area contributed by atoms with Crippen LogP contribution in [-0.4, -0.2) is 28.2 Å². The molecule has 0 fully saturated rings. The first-order valence-electron chi connectivity index (χ1n) is 7.37. The van der Waals surface area contributed by atoms with E-state index in [9.17, 15) is 0 Å². The van der Waals surface area contributed by atoms with E-state index in [0.29, 0.717) is 0 Å². The van der Waals surface area contributed by atoms with Gasteiger partial charge >= 0.3 is 0 Å². The molecule has 2 aromatic rings. The molecule has 4 nitrogen and oxygen atoms in total. The number of para-hydroxylation sites is 4. The minimum absolute atomic E-state index is 0. The number of anilines is 4. The van der Waals surface area contributed by atoms with Gasteiger partial charge in [-0.05, 0) is 52.5 Å². The van der Waals surface area contributed by atoms with Crippen LogP contribution in [0, 0.1) is 13.3 Å². The predicted octanol–water partition coefficient (Wildman–Crippen LogP) is 3.38. The maximum atomic E-state index is 2.12. The summed E-state index contributed by atoms with van der Waals surface area (Å²) < 4.78 is 0. The smallest absolute Gasteiger partial charge is 0.0297 e. The van der Waals surface area contributed by atoms with Gasteiger partial charge in [0, 0.05) is 45.1 Å². The van der Waals surface area contributed by atoms with Gasteiger partial charge in [-0.25, -0.2) is 0 Å². The van der Waals surface area contributed by atoms with E-state index in [4.69, 9.17) is 0 Å². The Bertz CT molecular complexity index is 549. The quantitative estimate of drug-likeness (QED) is 0.414. The zero-order valence-electron chi connectivity index (χ0n) is 13.9. The van der Waals surface area contributed by atoms with Crippen LogP contribution < -0.4 is 19.6 Å². The molecule has 0 aromatic heterocycles. The third kappa shape index (κ3) is 3.50. The van der Waals surface area contributed by atoms with Gasteiger partial charge in [0.05, 0.1) is 0 Å². The van der Waals surface area contributed by atoms with E-state index in [1.807, 2.05) is 0 Å². The van der Waals surface area contributed by atoms with Crippen molar-refractivity contribution in [3.05, 3.63) is 61.9 Å². The monoisotopic (exact) mass is 491 g/mol. The third-order valence-corrected chi connectivity index (χ3v) is 3.98. The van der Waals surface area contributed by atoms with Crippen molar-refractivity contribution in [2.75, 3.05) is 47.8 Å². The standard InChI is InChI=1S/2C9H11N2.Au/c2*1-10-7-11(2)9-6-4-3-5-8(9)10;/h2*3-7H,1-2H3;/q2*-1;. The van der Waals surface area contributed by atoms with Gasteiger partial charge in [-0.1, -0.05) is 24.3 Å². The summed E-state index contributed by atoms with van der Waals surface area (Å²) in [5.74, 6) is 0. The zero-order valence-corrected chi connectivity index (χ0v) is 16.0. The fourth-order valence-corrected chi connectivity index (χ4v) is 2.89. The second-order valence-electron chi connectivity index (χ2n) is 5.65. The van der Waals surface area contributed by atoms with Crippen molar-refractivity contribution < 1.29 is 22.4 Å². The molecule has 4 rings (SSSR count). The van der Waals surface area contributed by atoms with Crippen LogP contribution in [0.4, 0.5) is 22.7 Å². The van der Waals surface area contributed by atoms with Gasteiger partial charge in [0.25, 0.3) is 0 Å². The average molecular weight is 491 g/mol. The fraction of sp³-hybridized carbons (Fsp3) is 0.222. The van der Waals surface area contributed by atoms with E-state index in [0.717, 1.165) is 0 Å². The van der Waals surface area contributed by atoms with Crippen LogP contribution in [-0.2, 0) is 22.4 Å². The number of nitrogens with zero attached hydrogens (tertiary/aromatic N) is 4. The molecular formula is C18H22AuN4-2. The molecule has 23 heavy (non-hydrogen) atoms. The number of benzene rings is 2. The van der Waals surface area contributed by atoms with E-state index in [1.165, 1.54) is 22.7 Å². The molecule has 2 aliphatic heterocycles. The van der Waals surface area contributed by atoms with Crippen molar-refractivity contribution >= 4 is 22.7 Å². The molecule has 2 aromatic carbocycles. The normalized spacial score (nSPS) is 14.8. The summed E-state index contributed by atoms with van der Waals surface area (Å²) in [6, 6.07) is 16.7. The summed E-state index contributed by atoms with van der Waals surface area (Å²) in [5, 5.41) is 0. The molecule has 0 amide bonds. The molecule has 5 heteroatoms. The second-order valence-corrected chi connectivity index (χ2v) is 5.65. The van der Waals surface area contributed by atoms with Gasteiger partial charge in [-0.15, -0.1) is 0 Å². The van der Waals surface area contributed by atoms with Crippen molar-refractivity contribution in [2.24, 2.45) is 0 Å². The van der Waals surface area contributed by atoms with Gasteiger partial charge in [0.2, 0.25) is 0 Å². The SMILES string of the molecule is CN1[CH-]N(C)c2ccccc21.CN1[CH-]N(C)c2ccccc21.[Au]. The van der Waals surface area contributed by atoms with Crippen molar-refractivity contribution in [1.29, 1.82) is 0 Å².